The van der Waals surface area contributed by atoms with Crippen molar-refractivity contribution in [2.24, 2.45) is 0 Å². The van der Waals surface area contributed by atoms with Gasteiger partial charge in [0.2, 0.25) is 0 Å². The molecule has 2 radical (unpaired) electrons. The summed E-state index contributed by atoms with van der Waals surface area (Å²) in [6.07, 6.45) is 4.42. The van der Waals surface area contributed by atoms with E-state index in [1.54, 1.807) is 0 Å². The fourth-order valence-electron chi connectivity index (χ4n) is 1.17. The van der Waals surface area contributed by atoms with E-state index in [0.29, 0.717) is 0 Å². The average molecular weight is 126 g/mol. The van der Waals surface area contributed by atoms with Gasteiger partial charge in [0, 0.05) is 0 Å². The summed E-state index contributed by atoms with van der Waals surface area (Å²) >= 11 is 0. The van der Waals surface area contributed by atoms with Crippen LogP contribution in [0.2, 0.25) is 0 Å². The van der Waals surface area contributed by atoms with Crippen LogP contribution in [-0.2, 0) is 9.53 Å². The van der Waals surface area contributed by atoms with Gasteiger partial charge in [-0.05, 0) is 25.7 Å². The Labute approximate surface area is 55.2 Å². The molecule has 0 spiro atoms. The molecule has 0 atom stereocenters. The minimum Gasteiger partial charge on any atom is -0.462 e. The molecule has 0 unspecified atom stereocenters. The van der Waals surface area contributed by atoms with Crippen LogP contribution in [0.25, 0.3) is 0 Å². The highest BCUT2D eigenvalue weighted by Crippen LogP contribution is 2.20. The fraction of sp³-hybridized carbons (Fsp3) is 0.714. The van der Waals surface area contributed by atoms with Gasteiger partial charge in [-0.1, -0.05) is 0 Å². The summed E-state index contributed by atoms with van der Waals surface area (Å²) in [5.41, 5.74) is 0. The lowest BCUT2D eigenvalue weighted by Gasteiger charge is -2.07. The van der Waals surface area contributed by atoms with E-state index in [2.05, 4.69) is 0 Å². The van der Waals surface area contributed by atoms with Crippen LogP contribution in [-0.4, -0.2) is 12.1 Å². The van der Waals surface area contributed by atoms with E-state index in [4.69, 9.17) is 11.7 Å². The molecule has 0 aromatic rings. The summed E-state index contributed by atoms with van der Waals surface area (Å²) in [6, 6.07) is 0. The van der Waals surface area contributed by atoms with E-state index < -0.39 is 5.97 Å². The second kappa shape index (κ2) is 2.85. The number of ether oxygens (including phenoxy) is 1. The molecule has 0 heterocycles. The quantitative estimate of drug-likeness (QED) is 0.493. The van der Waals surface area contributed by atoms with Gasteiger partial charge < -0.3 is 4.74 Å². The van der Waals surface area contributed by atoms with Crippen molar-refractivity contribution in [2.75, 3.05) is 0 Å². The van der Waals surface area contributed by atoms with Crippen molar-refractivity contribution >= 4 is 5.97 Å². The van der Waals surface area contributed by atoms with Crippen molar-refractivity contribution in [3.8, 4) is 0 Å². The van der Waals surface area contributed by atoms with E-state index in [0.717, 1.165) is 25.7 Å². The molecule has 0 bridgehead atoms. The first-order valence-corrected chi connectivity index (χ1v) is 3.25. The monoisotopic (exact) mass is 126 g/mol. The largest absolute Gasteiger partial charge is 0.462 e. The molecule has 0 aromatic carbocycles. The van der Waals surface area contributed by atoms with Crippen LogP contribution in [0.3, 0.4) is 0 Å². The number of carbonyl (C=O) groups is 1. The van der Waals surface area contributed by atoms with E-state index in [9.17, 15) is 4.79 Å². The molecule has 2 nitrogen and oxygen atoms in total. The van der Waals surface area contributed by atoms with Crippen molar-refractivity contribution < 1.29 is 9.53 Å². The van der Waals surface area contributed by atoms with Gasteiger partial charge in [0.05, 0.1) is 6.92 Å². The van der Waals surface area contributed by atoms with Crippen molar-refractivity contribution in [3.05, 3.63) is 6.92 Å². The van der Waals surface area contributed by atoms with Crippen LogP contribution in [0.1, 0.15) is 25.7 Å². The number of hydrogen-bond acceptors (Lipinski definition) is 2. The van der Waals surface area contributed by atoms with Crippen LogP contribution >= 0.6 is 0 Å². The second-order valence-electron chi connectivity index (χ2n) is 2.34. The molecular formula is C7H10O2. The summed E-state index contributed by atoms with van der Waals surface area (Å²) in [4.78, 5) is 10.2. The van der Waals surface area contributed by atoms with Crippen LogP contribution in [0.15, 0.2) is 0 Å². The Balaban J connectivity index is 2.19. The van der Waals surface area contributed by atoms with Gasteiger partial charge in [0.15, 0.2) is 0 Å². The van der Waals surface area contributed by atoms with E-state index in [-0.39, 0.29) is 6.10 Å². The molecule has 9 heavy (non-hydrogen) atoms. The summed E-state index contributed by atoms with van der Waals surface area (Å²) in [5.74, 6) is -0.637. The van der Waals surface area contributed by atoms with Crippen molar-refractivity contribution in [2.45, 2.75) is 31.8 Å². The highest BCUT2D eigenvalue weighted by molar-refractivity contribution is 5.73. The lowest BCUT2D eigenvalue weighted by atomic mass is 10.3. The zero-order valence-electron chi connectivity index (χ0n) is 5.30. The molecule has 2 heteroatoms. The lowest BCUT2D eigenvalue weighted by Crippen LogP contribution is -2.11. The van der Waals surface area contributed by atoms with Crippen molar-refractivity contribution in [1.82, 2.24) is 0 Å². The third-order valence-corrected chi connectivity index (χ3v) is 1.59. The Bertz CT molecular complexity index is 103. The summed E-state index contributed by atoms with van der Waals surface area (Å²) < 4.78 is 4.75. The standard InChI is InChI=1S/C7H10O2/c1-6(8)9-7-4-2-3-5-7/h1,7H,2-5H2. The lowest BCUT2D eigenvalue weighted by molar-refractivity contribution is -0.142. The Morgan fingerprint density at radius 2 is 2.00 bits per heavy atom. The van der Waals surface area contributed by atoms with Crippen LogP contribution in [0.4, 0.5) is 0 Å². The SMILES string of the molecule is [CH]C(=O)OC1CCCC1. The minimum absolute atomic E-state index is 0.113. The zero-order chi connectivity index (χ0) is 6.69. The molecule has 1 fully saturated rings. The first-order valence-electron chi connectivity index (χ1n) is 3.25. The molecule has 0 aliphatic heterocycles. The van der Waals surface area contributed by atoms with Gasteiger partial charge in [0.25, 0.3) is 0 Å². The minimum atomic E-state index is -0.637. The molecule has 1 aliphatic carbocycles. The summed E-state index contributed by atoms with van der Waals surface area (Å²) in [6.45, 7) is 4.81. The third-order valence-electron chi connectivity index (χ3n) is 1.59. The molecule has 1 saturated carbocycles. The number of rotatable bonds is 1. The third kappa shape index (κ3) is 2.04. The maximum atomic E-state index is 10.2. The molecule has 0 saturated heterocycles. The first-order chi connectivity index (χ1) is 4.29. The Hall–Kier alpha value is -0.530. The molecule has 1 rings (SSSR count). The smallest absolute Gasteiger partial charge is 0.311 e. The van der Waals surface area contributed by atoms with Gasteiger partial charge in [-0.15, -0.1) is 0 Å². The van der Waals surface area contributed by atoms with Gasteiger partial charge >= 0.3 is 5.97 Å². The number of carbonyl (C=O) groups excluding carboxylic acids is 1. The van der Waals surface area contributed by atoms with Crippen molar-refractivity contribution in [1.29, 1.82) is 0 Å². The molecule has 0 aromatic heterocycles. The molecule has 50 valence electrons. The number of hydrogen-bond donors (Lipinski definition) is 0. The maximum absolute atomic E-state index is 10.2. The van der Waals surface area contributed by atoms with Gasteiger partial charge in [0.1, 0.15) is 6.10 Å². The molecular weight excluding hydrogens is 116 g/mol. The highest BCUT2D eigenvalue weighted by atomic mass is 16.5. The Kier molecular flexibility index (Phi) is 2.09. The summed E-state index contributed by atoms with van der Waals surface area (Å²) in [5, 5.41) is 0. The maximum Gasteiger partial charge on any atom is 0.311 e. The van der Waals surface area contributed by atoms with E-state index >= 15 is 0 Å². The molecule has 1 aliphatic rings. The highest BCUT2D eigenvalue weighted by Gasteiger charge is 2.16. The Morgan fingerprint density at radius 3 is 2.44 bits per heavy atom. The predicted molar refractivity (Wildman–Crippen MR) is 32.6 cm³/mol. The normalized spacial score (nSPS) is 20.1. The topological polar surface area (TPSA) is 26.3 Å². The predicted octanol–water partition coefficient (Wildman–Crippen LogP) is 1.18. The average Bonchev–Trinajstić information content (AvgIpc) is 2.15. The first kappa shape index (κ1) is 6.59. The molecule has 0 amide bonds. The van der Waals surface area contributed by atoms with Gasteiger partial charge in [-0.2, -0.15) is 0 Å². The van der Waals surface area contributed by atoms with Crippen LogP contribution in [0, 0.1) is 6.92 Å². The van der Waals surface area contributed by atoms with Crippen molar-refractivity contribution in [3.63, 3.8) is 0 Å². The number of esters is 1. The van der Waals surface area contributed by atoms with Gasteiger partial charge in [-0.25, -0.2) is 0 Å². The second-order valence-corrected chi connectivity index (χ2v) is 2.34. The van der Waals surface area contributed by atoms with E-state index in [1.807, 2.05) is 0 Å². The van der Waals surface area contributed by atoms with Crippen LogP contribution < -0.4 is 0 Å². The van der Waals surface area contributed by atoms with Crippen LogP contribution in [0.5, 0.6) is 0 Å². The zero-order valence-corrected chi connectivity index (χ0v) is 5.30. The Morgan fingerprint density at radius 1 is 1.44 bits per heavy atom. The molecule has 0 N–H and O–H groups in total. The summed E-state index contributed by atoms with van der Waals surface area (Å²) in [7, 11) is 0. The fourth-order valence-corrected chi connectivity index (χ4v) is 1.17. The van der Waals surface area contributed by atoms with E-state index in [1.165, 1.54) is 0 Å². The van der Waals surface area contributed by atoms with Gasteiger partial charge in [-0.3, -0.25) is 4.79 Å².